The lowest BCUT2D eigenvalue weighted by molar-refractivity contribution is 0.415. The Kier molecular flexibility index (Phi) is 6.35. The van der Waals surface area contributed by atoms with E-state index in [-0.39, 0.29) is 0 Å². The number of benzene rings is 7. The summed E-state index contributed by atoms with van der Waals surface area (Å²) < 4.78 is 12.3. The van der Waals surface area contributed by atoms with Crippen LogP contribution in [0.3, 0.4) is 0 Å². The third-order valence-corrected chi connectivity index (χ3v) is 8.32. The van der Waals surface area contributed by atoms with E-state index in [2.05, 4.69) is 144 Å². The molecule has 0 aliphatic rings. The van der Waals surface area contributed by atoms with Crippen molar-refractivity contribution in [3.8, 4) is 28.0 Å². The molecule has 0 radical (unpaired) electrons. The van der Waals surface area contributed by atoms with Gasteiger partial charge in [-0.3, -0.25) is 0 Å². The van der Waals surface area contributed by atoms with Crippen molar-refractivity contribution >= 4 is 49.8 Å². The quantitative estimate of drug-likeness (QED) is 0.200. The molecule has 44 heavy (non-hydrogen) atoms. The zero-order chi connectivity index (χ0) is 29.5. The van der Waals surface area contributed by atoms with E-state index < -0.39 is 0 Å². The van der Waals surface area contributed by atoms with Crippen molar-refractivity contribution in [2.45, 2.75) is 0 Å². The minimum absolute atomic E-state index is 0.802. The summed E-state index contributed by atoms with van der Waals surface area (Å²) in [6.45, 7) is 0. The molecule has 0 atom stereocenters. The van der Waals surface area contributed by atoms with E-state index in [1.165, 1.54) is 16.3 Å². The maximum atomic E-state index is 6.70. The minimum atomic E-state index is 0.802. The molecule has 210 valence electrons. The highest BCUT2D eigenvalue weighted by atomic mass is 16.5. The van der Waals surface area contributed by atoms with Crippen molar-refractivity contribution in [1.82, 2.24) is 0 Å². The molecule has 8 aromatic rings. The first-order chi connectivity index (χ1) is 21.7. The van der Waals surface area contributed by atoms with Crippen molar-refractivity contribution in [3.63, 3.8) is 0 Å². The van der Waals surface area contributed by atoms with Gasteiger partial charge in [-0.05, 0) is 69.9 Å². The van der Waals surface area contributed by atoms with E-state index in [1.54, 1.807) is 7.11 Å². The van der Waals surface area contributed by atoms with Crippen LogP contribution in [-0.2, 0) is 0 Å². The molecule has 3 nitrogen and oxygen atoms in total. The number of furan rings is 1. The highest BCUT2D eigenvalue weighted by molar-refractivity contribution is 6.11. The molecule has 0 saturated heterocycles. The van der Waals surface area contributed by atoms with Crippen LogP contribution in [0, 0.1) is 0 Å². The number of nitrogens with zero attached hydrogens (tertiary/aromatic N) is 1. The molecular formula is C41H29NO2. The van der Waals surface area contributed by atoms with Crippen LogP contribution in [0.4, 0.5) is 17.1 Å². The Balaban J connectivity index is 1.29. The first kappa shape index (κ1) is 25.9. The Bertz CT molecular complexity index is 2280. The zero-order valence-corrected chi connectivity index (χ0v) is 24.3. The molecule has 0 aliphatic heterocycles. The predicted molar refractivity (Wildman–Crippen MR) is 183 cm³/mol. The van der Waals surface area contributed by atoms with Gasteiger partial charge in [0.2, 0.25) is 0 Å². The number of ether oxygens (including phenoxy) is 1. The maximum Gasteiger partial charge on any atom is 0.143 e. The summed E-state index contributed by atoms with van der Waals surface area (Å²) in [5.74, 6) is 0.802. The fraction of sp³-hybridized carbons (Fsp3) is 0.0244. The Hall–Kier alpha value is -5.80. The third kappa shape index (κ3) is 4.56. The van der Waals surface area contributed by atoms with Gasteiger partial charge < -0.3 is 14.1 Å². The van der Waals surface area contributed by atoms with Gasteiger partial charge in [-0.2, -0.15) is 0 Å². The summed E-state index contributed by atoms with van der Waals surface area (Å²) in [4.78, 5) is 2.26. The van der Waals surface area contributed by atoms with Gasteiger partial charge in [0.25, 0.3) is 0 Å². The number of hydrogen-bond acceptors (Lipinski definition) is 3. The summed E-state index contributed by atoms with van der Waals surface area (Å²) >= 11 is 0. The van der Waals surface area contributed by atoms with E-state index in [1.807, 2.05) is 18.2 Å². The fourth-order valence-corrected chi connectivity index (χ4v) is 6.16. The van der Waals surface area contributed by atoms with Crippen molar-refractivity contribution in [2.75, 3.05) is 12.0 Å². The molecule has 0 bridgehead atoms. The topological polar surface area (TPSA) is 25.6 Å². The smallest absolute Gasteiger partial charge is 0.143 e. The first-order valence-corrected chi connectivity index (χ1v) is 14.8. The van der Waals surface area contributed by atoms with Gasteiger partial charge in [0.1, 0.15) is 16.9 Å². The zero-order valence-electron chi connectivity index (χ0n) is 24.3. The molecule has 0 N–H and O–H groups in total. The molecule has 0 fully saturated rings. The van der Waals surface area contributed by atoms with Crippen molar-refractivity contribution in [2.24, 2.45) is 0 Å². The van der Waals surface area contributed by atoms with Gasteiger partial charge in [0, 0.05) is 45.5 Å². The normalized spacial score (nSPS) is 11.3. The molecule has 1 aromatic heterocycles. The van der Waals surface area contributed by atoms with Gasteiger partial charge in [-0.1, -0.05) is 103 Å². The predicted octanol–water partition coefficient (Wildman–Crippen LogP) is 11.6. The Morgan fingerprint density at radius 1 is 0.477 bits per heavy atom. The van der Waals surface area contributed by atoms with Crippen LogP contribution in [-0.4, -0.2) is 7.11 Å². The van der Waals surface area contributed by atoms with Crippen molar-refractivity contribution in [1.29, 1.82) is 0 Å². The summed E-state index contributed by atoms with van der Waals surface area (Å²) in [7, 11) is 1.70. The van der Waals surface area contributed by atoms with Crippen LogP contribution in [0.5, 0.6) is 5.75 Å². The van der Waals surface area contributed by atoms with Crippen LogP contribution in [0.2, 0.25) is 0 Å². The lowest BCUT2D eigenvalue weighted by Crippen LogP contribution is -2.10. The van der Waals surface area contributed by atoms with E-state index in [4.69, 9.17) is 9.15 Å². The number of para-hydroxylation sites is 1. The number of anilines is 3. The Labute approximate surface area is 256 Å². The summed E-state index contributed by atoms with van der Waals surface area (Å²) in [6.07, 6.45) is 0. The highest BCUT2D eigenvalue weighted by Gasteiger charge is 2.18. The number of hydrogen-bond donors (Lipinski definition) is 0. The SMILES string of the molecule is COc1cccc(N(c2cccc(-c3ccccc3)c2)c2ccc3c(c2)oc2c(-c4ccc5ccccc5c4)cccc23)c1. The molecule has 7 aromatic carbocycles. The van der Waals surface area contributed by atoms with E-state index in [9.17, 15) is 0 Å². The number of methoxy groups -OCH3 is 1. The second-order valence-electron chi connectivity index (χ2n) is 11.0. The molecule has 3 heteroatoms. The monoisotopic (exact) mass is 567 g/mol. The van der Waals surface area contributed by atoms with Gasteiger partial charge in [0.15, 0.2) is 0 Å². The Morgan fingerprint density at radius 3 is 2.07 bits per heavy atom. The fourth-order valence-electron chi connectivity index (χ4n) is 6.16. The third-order valence-electron chi connectivity index (χ3n) is 8.32. The molecule has 0 aliphatic carbocycles. The highest BCUT2D eigenvalue weighted by Crippen LogP contribution is 2.42. The molecule has 0 amide bonds. The molecular weight excluding hydrogens is 538 g/mol. The van der Waals surface area contributed by atoms with E-state index >= 15 is 0 Å². The molecule has 8 rings (SSSR count). The van der Waals surface area contributed by atoms with Crippen molar-refractivity contribution in [3.05, 3.63) is 158 Å². The van der Waals surface area contributed by atoms with Gasteiger partial charge in [-0.25, -0.2) is 0 Å². The average Bonchev–Trinajstić information content (AvgIpc) is 3.47. The summed E-state index contributed by atoms with van der Waals surface area (Å²) in [6, 6.07) is 55.3. The largest absolute Gasteiger partial charge is 0.497 e. The molecule has 0 spiro atoms. The van der Waals surface area contributed by atoms with E-state index in [0.29, 0.717) is 0 Å². The van der Waals surface area contributed by atoms with Crippen molar-refractivity contribution < 1.29 is 9.15 Å². The number of fused-ring (bicyclic) bond motifs is 4. The average molecular weight is 568 g/mol. The standard InChI is InChI=1S/C41H29NO2/c1-43-36-17-8-16-34(26-36)42(33-15-7-14-31(25-33)28-10-3-2-4-11-28)35-22-23-38-39-19-9-18-37(41(39)44-40(38)27-35)32-21-20-29-12-5-6-13-30(29)24-32/h2-27H,1H3. The van der Waals surface area contributed by atoms with Gasteiger partial charge in [-0.15, -0.1) is 0 Å². The second kappa shape index (κ2) is 10.8. The molecule has 0 saturated carbocycles. The summed E-state index contributed by atoms with van der Waals surface area (Å²) in [5, 5.41) is 4.64. The first-order valence-electron chi connectivity index (χ1n) is 14.8. The second-order valence-corrected chi connectivity index (χ2v) is 11.0. The van der Waals surface area contributed by atoms with Gasteiger partial charge in [0.05, 0.1) is 7.11 Å². The van der Waals surface area contributed by atoms with Gasteiger partial charge >= 0.3 is 0 Å². The van der Waals surface area contributed by atoms with E-state index in [0.717, 1.165) is 61.4 Å². The van der Waals surface area contributed by atoms with Crippen LogP contribution < -0.4 is 9.64 Å². The maximum absolute atomic E-state index is 6.70. The van der Waals surface area contributed by atoms with Crippen LogP contribution >= 0.6 is 0 Å². The molecule has 1 heterocycles. The minimum Gasteiger partial charge on any atom is -0.497 e. The number of rotatable bonds is 6. The van der Waals surface area contributed by atoms with Crippen LogP contribution in [0.25, 0.3) is 55.0 Å². The van der Waals surface area contributed by atoms with Crippen LogP contribution in [0.15, 0.2) is 162 Å². The molecule has 0 unspecified atom stereocenters. The lowest BCUT2D eigenvalue weighted by Gasteiger charge is -2.26. The van der Waals surface area contributed by atoms with Crippen LogP contribution in [0.1, 0.15) is 0 Å². The lowest BCUT2D eigenvalue weighted by atomic mass is 9.99. The summed E-state index contributed by atoms with van der Waals surface area (Å²) in [5.41, 5.74) is 9.35. The Morgan fingerprint density at radius 2 is 1.20 bits per heavy atom.